The number of thioether (sulfide) groups is 1. The Kier molecular flexibility index (Phi) is 4.29. The van der Waals surface area contributed by atoms with E-state index in [9.17, 15) is 9.18 Å². The van der Waals surface area contributed by atoms with Gasteiger partial charge >= 0.3 is 6.03 Å². The molecule has 2 aromatic rings. The Bertz CT molecular complexity index is 688. The first-order valence-electron chi connectivity index (χ1n) is 6.71. The van der Waals surface area contributed by atoms with Crippen LogP contribution in [0.1, 0.15) is 5.56 Å². The second kappa shape index (κ2) is 6.53. The van der Waals surface area contributed by atoms with E-state index in [0.717, 1.165) is 11.3 Å². The Balaban J connectivity index is 1.53. The Labute approximate surface area is 131 Å². The molecular formula is C16H14FN3OS. The molecule has 3 rings (SSSR count). The first kappa shape index (κ1) is 14.5. The molecule has 1 atom stereocenters. The Morgan fingerprint density at radius 1 is 1.09 bits per heavy atom. The van der Waals surface area contributed by atoms with E-state index in [-0.39, 0.29) is 17.3 Å². The second-order valence-electron chi connectivity index (χ2n) is 4.66. The zero-order valence-corrected chi connectivity index (χ0v) is 12.4. The average molecular weight is 315 g/mol. The van der Waals surface area contributed by atoms with Crippen molar-refractivity contribution < 1.29 is 9.18 Å². The predicted octanol–water partition coefficient (Wildman–Crippen LogP) is 3.57. The fraction of sp³-hybridized carbons (Fsp3) is 0.0625. The van der Waals surface area contributed by atoms with Crippen LogP contribution in [0.5, 0.6) is 0 Å². The molecule has 0 fully saturated rings. The van der Waals surface area contributed by atoms with Gasteiger partial charge in [-0.25, -0.2) is 9.18 Å². The van der Waals surface area contributed by atoms with Gasteiger partial charge in [0.05, 0.1) is 5.70 Å². The minimum atomic E-state index is -0.348. The highest BCUT2D eigenvalue weighted by Gasteiger charge is 2.19. The summed E-state index contributed by atoms with van der Waals surface area (Å²) in [6, 6.07) is 15.2. The van der Waals surface area contributed by atoms with Gasteiger partial charge in [-0.15, -0.1) is 0 Å². The van der Waals surface area contributed by atoms with Crippen LogP contribution in [-0.2, 0) is 0 Å². The Hall–Kier alpha value is -2.47. The molecule has 22 heavy (non-hydrogen) atoms. The average Bonchev–Trinajstić information content (AvgIpc) is 2.99. The summed E-state index contributed by atoms with van der Waals surface area (Å²) in [5.41, 5.74) is 2.34. The van der Waals surface area contributed by atoms with Crippen molar-refractivity contribution >= 4 is 29.2 Å². The zero-order valence-electron chi connectivity index (χ0n) is 11.5. The predicted molar refractivity (Wildman–Crippen MR) is 87.5 cm³/mol. The summed E-state index contributed by atoms with van der Waals surface area (Å²) in [6.45, 7) is 0. The van der Waals surface area contributed by atoms with Crippen LogP contribution in [0.3, 0.4) is 0 Å². The van der Waals surface area contributed by atoms with Crippen LogP contribution < -0.4 is 16.0 Å². The van der Waals surface area contributed by atoms with Crippen LogP contribution in [0.4, 0.5) is 14.9 Å². The molecule has 0 bridgehead atoms. The maximum absolute atomic E-state index is 12.8. The van der Waals surface area contributed by atoms with Crippen molar-refractivity contribution in [2.75, 3.05) is 5.32 Å². The smallest absolute Gasteiger partial charge is 0.321 e. The van der Waals surface area contributed by atoms with Gasteiger partial charge in [0, 0.05) is 5.69 Å². The largest absolute Gasteiger partial charge is 0.356 e. The van der Waals surface area contributed by atoms with Crippen molar-refractivity contribution in [3.63, 3.8) is 0 Å². The van der Waals surface area contributed by atoms with Crippen LogP contribution in [0.2, 0.25) is 0 Å². The number of amides is 2. The molecule has 2 aromatic carbocycles. The lowest BCUT2D eigenvalue weighted by Crippen LogP contribution is -2.42. The van der Waals surface area contributed by atoms with Crippen molar-refractivity contribution in [3.8, 4) is 0 Å². The van der Waals surface area contributed by atoms with Gasteiger partial charge in [-0.1, -0.05) is 42.1 Å². The lowest BCUT2D eigenvalue weighted by Gasteiger charge is -2.15. The van der Waals surface area contributed by atoms with Gasteiger partial charge in [0.25, 0.3) is 0 Å². The fourth-order valence-electron chi connectivity index (χ4n) is 2.00. The van der Waals surface area contributed by atoms with Crippen molar-refractivity contribution in [1.29, 1.82) is 0 Å². The third-order valence-electron chi connectivity index (χ3n) is 3.06. The van der Waals surface area contributed by atoms with E-state index in [2.05, 4.69) is 16.0 Å². The van der Waals surface area contributed by atoms with Gasteiger partial charge < -0.3 is 16.0 Å². The minimum Gasteiger partial charge on any atom is -0.356 e. The van der Waals surface area contributed by atoms with E-state index in [4.69, 9.17) is 0 Å². The quantitative estimate of drug-likeness (QED) is 0.811. The maximum Gasteiger partial charge on any atom is 0.321 e. The number of carbonyl (C=O) groups excluding carboxylic acids is 1. The van der Waals surface area contributed by atoms with Crippen molar-refractivity contribution in [1.82, 2.24) is 10.6 Å². The molecule has 1 heterocycles. The summed E-state index contributed by atoms with van der Waals surface area (Å²) >= 11 is 1.48. The first-order chi connectivity index (χ1) is 10.7. The first-order valence-corrected chi connectivity index (χ1v) is 7.66. The van der Waals surface area contributed by atoms with Gasteiger partial charge in [0.2, 0.25) is 0 Å². The monoisotopic (exact) mass is 315 g/mol. The number of anilines is 1. The molecule has 0 saturated carbocycles. The topological polar surface area (TPSA) is 53.2 Å². The number of hydrogen-bond acceptors (Lipinski definition) is 3. The molecule has 0 spiro atoms. The third-order valence-corrected chi connectivity index (χ3v) is 3.94. The fourth-order valence-corrected chi connectivity index (χ4v) is 2.85. The van der Waals surface area contributed by atoms with E-state index in [0.29, 0.717) is 5.69 Å². The summed E-state index contributed by atoms with van der Waals surface area (Å²) in [4.78, 5) is 11.9. The molecule has 2 amide bonds. The molecule has 0 radical (unpaired) electrons. The highest BCUT2D eigenvalue weighted by Crippen LogP contribution is 2.25. The molecular weight excluding hydrogens is 301 g/mol. The molecule has 0 unspecified atom stereocenters. The summed E-state index contributed by atoms with van der Waals surface area (Å²) in [7, 11) is 0. The van der Waals surface area contributed by atoms with Crippen LogP contribution in [0.15, 0.2) is 60.0 Å². The Morgan fingerprint density at radius 2 is 1.82 bits per heavy atom. The highest BCUT2D eigenvalue weighted by molar-refractivity contribution is 8.03. The lowest BCUT2D eigenvalue weighted by molar-refractivity contribution is 0.251. The minimum absolute atomic E-state index is 0.240. The highest BCUT2D eigenvalue weighted by atomic mass is 32.2. The van der Waals surface area contributed by atoms with Crippen molar-refractivity contribution in [2.24, 2.45) is 0 Å². The molecule has 0 aromatic heterocycles. The Morgan fingerprint density at radius 3 is 2.55 bits per heavy atom. The second-order valence-corrected chi connectivity index (χ2v) is 5.64. The van der Waals surface area contributed by atoms with E-state index < -0.39 is 0 Å². The summed E-state index contributed by atoms with van der Waals surface area (Å²) in [5.74, 6) is -0.337. The summed E-state index contributed by atoms with van der Waals surface area (Å²) in [6.07, 6.45) is 0. The molecule has 0 aliphatic carbocycles. The lowest BCUT2D eigenvalue weighted by atomic mass is 10.2. The molecule has 4 nitrogen and oxygen atoms in total. The summed E-state index contributed by atoms with van der Waals surface area (Å²) < 4.78 is 12.8. The SMILES string of the molecule is O=C(Nc1ccc(F)cc1)N[C@@H]1NC(c2ccccc2)=CS1. The van der Waals surface area contributed by atoms with Crippen LogP contribution in [0.25, 0.3) is 5.70 Å². The van der Waals surface area contributed by atoms with E-state index in [1.54, 1.807) is 0 Å². The number of hydrogen-bond donors (Lipinski definition) is 3. The van der Waals surface area contributed by atoms with E-state index >= 15 is 0 Å². The normalized spacial score (nSPS) is 16.6. The number of rotatable bonds is 3. The maximum atomic E-state index is 12.8. The van der Waals surface area contributed by atoms with Gasteiger partial charge in [-0.2, -0.15) is 0 Å². The van der Waals surface area contributed by atoms with Crippen LogP contribution in [-0.4, -0.2) is 11.5 Å². The van der Waals surface area contributed by atoms with Crippen molar-refractivity contribution in [2.45, 2.75) is 5.50 Å². The molecule has 112 valence electrons. The van der Waals surface area contributed by atoms with Crippen LogP contribution >= 0.6 is 11.8 Å². The van der Waals surface area contributed by atoms with Crippen LogP contribution in [0, 0.1) is 5.82 Å². The third kappa shape index (κ3) is 3.59. The number of benzene rings is 2. The molecule has 1 aliphatic rings. The molecule has 3 N–H and O–H groups in total. The summed E-state index contributed by atoms with van der Waals surface area (Å²) in [5, 5.41) is 10.7. The molecule has 1 aliphatic heterocycles. The standard InChI is InChI=1S/C16H14FN3OS/c17-12-6-8-13(9-7-12)18-15(21)20-16-19-14(10-22-16)11-4-2-1-3-5-11/h1-10,16,19H,(H2,18,20,21)/t16-/m0/s1. The van der Waals surface area contributed by atoms with Gasteiger partial charge in [-0.3, -0.25) is 0 Å². The molecule has 0 saturated heterocycles. The zero-order chi connectivity index (χ0) is 15.4. The van der Waals surface area contributed by atoms with Gasteiger partial charge in [-0.05, 0) is 35.2 Å². The number of nitrogens with one attached hydrogen (secondary N) is 3. The van der Waals surface area contributed by atoms with E-state index in [1.807, 2.05) is 35.7 Å². The molecule has 6 heteroatoms. The van der Waals surface area contributed by atoms with Gasteiger partial charge in [0.15, 0.2) is 5.50 Å². The number of carbonyl (C=O) groups is 1. The number of urea groups is 1. The van der Waals surface area contributed by atoms with E-state index in [1.165, 1.54) is 36.0 Å². The van der Waals surface area contributed by atoms with Crippen molar-refractivity contribution in [3.05, 3.63) is 71.4 Å². The van der Waals surface area contributed by atoms with Gasteiger partial charge in [0.1, 0.15) is 5.82 Å². The number of halogens is 1.